The Kier molecular flexibility index (Phi) is 5.27. The molecular weight excluding hydrogens is 284 g/mol. The van der Waals surface area contributed by atoms with Crippen LogP contribution >= 0.6 is 0 Å². The van der Waals surface area contributed by atoms with Gasteiger partial charge in [-0.25, -0.2) is 8.42 Å². The predicted octanol–water partition coefficient (Wildman–Crippen LogP) is 2.43. The zero-order valence-electron chi connectivity index (χ0n) is 13.0. The quantitative estimate of drug-likeness (QED) is 0.876. The van der Waals surface area contributed by atoms with Crippen LogP contribution in [0, 0.1) is 5.92 Å². The molecule has 2 unspecified atom stereocenters. The molecule has 118 valence electrons. The van der Waals surface area contributed by atoms with E-state index in [9.17, 15) is 8.42 Å². The molecule has 0 saturated heterocycles. The average Bonchev–Trinajstić information content (AvgIpc) is 2.97. The minimum Gasteiger partial charge on any atom is -0.368 e. The number of benzene rings is 1. The minimum atomic E-state index is -3.12. The highest BCUT2D eigenvalue weighted by Crippen LogP contribution is 2.32. The Morgan fingerprint density at radius 2 is 1.86 bits per heavy atom. The Hall–Kier alpha value is -1.07. The number of nitrogens with zero attached hydrogens (tertiary/aromatic N) is 1. The summed E-state index contributed by atoms with van der Waals surface area (Å²) in [6, 6.07) is 7.79. The van der Waals surface area contributed by atoms with Crippen molar-refractivity contribution < 1.29 is 8.42 Å². The summed E-state index contributed by atoms with van der Waals surface area (Å²) in [5, 5.41) is 0. The molecule has 1 saturated carbocycles. The summed E-state index contributed by atoms with van der Waals surface area (Å²) in [6.45, 7) is 5.46. The first kappa shape index (κ1) is 16.3. The molecular formula is C16H26N2O2S. The van der Waals surface area contributed by atoms with Gasteiger partial charge in [0.1, 0.15) is 0 Å². The highest BCUT2D eigenvalue weighted by atomic mass is 32.2. The molecule has 0 radical (unpaired) electrons. The van der Waals surface area contributed by atoms with Gasteiger partial charge in [0.05, 0.1) is 10.6 Å². The summed E-state index contributed by atoms with van der Waals surface area (Å²) in [6.07, 6.45) is 3.59. The van der Waals surface area contributed by atoms with Crippen molar-refractivity contribution in [2.24, 2.45) is 11.7 Å². The number of sulfone groups is 1. The second-order valence-electron chi connectivity index (χ2n) is 5.68. The number of nitrogens with two attached hydrogens (primary N) is 1. The number of hydrogen-bond donors (Lipinski definition) is 1. The van der Waals surface area contributed by atoms with Gasteiger partial charge < -0.3 is 10.6 Å². The lowest BCUT2D eigenvalue weighted by Crippen LogP contribution is -2.40. The Bertz CT molecular complexity index is 554. The zero-order chi connectivity index (χ0) is 15.5. The van der Waals surface area contributed by atoms with Crippen LogP contribution in [0.4, 0.5) is 5.69 Å². The summed E-state index contributed by atoms with van der Waals surface area (Å²) >= 11 is 0. The smallest absolute Gasteiger partial charge is 0.178 e. The van der Waals surface area contributed by atoms with Gasteiger partial charge in [-0.15, -0.1) is 0 Å². The maximum atomic E-state index is 11.9. The van der Waals surface area contributed by atoms with Crippen LogP contribution in [0.2, 0.25) is 0 Å². The van der Waals surface area contributed by atoms with Crippen molar-refractivity contribution in [3.05, 3.63) is 24.3 Å². The first-order valence-electron chi connectivity index (χ1n) is 7.83. The van der Waals surface area contributed by atoms with Crippen molar-refractivity contribution in [2.75, 3.05) is 23.7 Å². The summed E-state index contributed by atoms with van der Waals surface area (Å²) < 4.78 is 23.8. The molecule has 5 heteroatoms. The Morgan fingerprint density at radius 3 is 2.38 bits per heavy atom. The SMILES string of the molecule is CCN(c1ccc(S(=O)(=O)CC)cc1)C1CCCC1CN. The highest BCUT2D eigenvalue weighted by molar-refractivity contribution is 7.91. The summed E-state index contributed by atoms with van der Waals surface area (Å²) in [5.74, 6) is 0.686. The monoisotopic (exact) mass is 310 g/mol. The molecule has 1 aromatic carbocycles. The molecule has 1 aliphatic carbocycles. The molecule has 0 bridgehead atoms. The van der Waals surface area contributed by atoms with Gasteiger partial charge in [0.25, 0.3) is 0 Å². The summed E-state index contributed by atoms with van der Waals surface area (Å²) in [5.41, 5.74) is 6.98. The van der Waals surface area contributed by atoms with Crippen molar-refractivity contribution in [1.29, 1.82) is 0 Å². The van der Waals surface area contributed by atoms with E-state index in [0.29, 0.717) is 16.9 Å². The topological polar surface area (TPSA) is 63.4 Å². The Balaban J connectivity index is 2.23. The largest absolute Gasteiger partial charge is 0.368 e. The highest BCUT2D eigenvalue weighted by Gasteiger charge is 2.30. The average molecular weight is 310 g/mol. The normalized spacial score (nSPS) is 22.4. The van der Waals surface area contributed by atoms with Gasteiger partial charge in [-0.3, -0.25) is 0 Å². The van der Waals surface area contributed by atoms with E-state index >= 15 is 0 Å². The molecule has 0 amide bonds. The third-order valence-corrected chi connectivity index (χ3v) is 6.32. The molecule has 1 aliphatic rings. The van der Waals surface area contributed by atoms with Gasteiger partial charge in [0.2, 0.25) is 0 Å². The van der Waals surface area contributed by atoms with E-state index in [0.717, 1.165) is 18.8 Å². The van der Waals surface area contributed by atoms with E-state index in [2.05, 4.69) is 11.8 Å². The number of rotatable bonds is 6. The van der Waals surface area contributed by atoms with Crippen LogP contribution in [0.5, 0.6) is 0 Å². The fourth-order valence-corrected chi connectivity index (χ4v) is 4.21. The third kappa shape index (κ3) is 3.40. The molecule has 2 atom stereocenters. The molecule has 0 heterocycles. The van der Waals surface area contributed by atoms with Gasteiger partial charge in [0.15, 0.2) is 9.84 Å². The molecule has 1 aromatic rings. The lowest BCUT2D eigenvalue weighted by Gasteiger charge is -2.34. The number of anilines is 1. The molecule has 0 aliphatic heterocycles. The molecule has 2 N–H and O–H groups in total. The van der Waals surface area contributed by atoms with Crippen molar-refractivity contribution in [3.8, 4) is 0 Å². The van der Waals surface area contributed by atoms with Crippen molar-refractivity contribution in [1.82, 2.24) is 0 Å². The second kappa shape index (κ2) is 6.79. The minimum absolute atomic E-state index is 0.141. The van der Waals surface area contributed by atoms with Crippen LogP contribution in [0.1, 0.15) is 33.1 Å². The number of hydrogen-bond acceptors (Lipinski definition) is 4. The molecule has 2 rings (SSSR count). The maximum absolute atomic E-state index is 11.9. The fourth-order valence-electron chi connectivity index (χ4n) is 3.32. The van der Waals surface area contributed by atoms with Gasteiger partial charge >= 0.3 is 0 Å². The van der Waals surface area contributed by atoms with E-state index in [1.54, 1.807) is 19.1 Å². The Morgan fingerprint density at radius 1 is 1.19 bits per heavy atom. The van der Waals surface area contributed by atoms with Gasteiger partial charge in [-0.05, 0) is 56.5 Å². The van der Waals surface area contributed by atoms with E-state index in [-0.39, 0.29) is 5.75 Å². The van der Waals surface area contributed by atoms with E-state index < -0.39 is 9.84 Å². The van der Waals surface area contributed by atoms with Crippen LogP contribution in [-0.4, -0.2) is 33.3 Å². The standard InChI is InChI=1S/C16H26N2O2S/c1-3-18(16-7-5-6-13(16)12-17)14-8-10-15(11-9-14)21(19,20)4-2/h8-11,13,16H,3-7,12,17H2,1-2H3. The molecule has 21 heavy (non-hydrogen) atoms. The third-order valence-electron chi connectivity index (χ3n) is 4.57. The van der Waals surface area contributed by atoms with Crippen LogP contribution in [0.3, 0.4) is 0 Å². The van der Waals surface area contributed by atoms with Gasteiger partial charge in [-0.2, -0.15) is 0 Å². The van der Waals surface area contributed by atoms with Gasteiger partial charge in [0, 0.05) is 18.3 Å². The van der Waals surface area contributed by atoms with E-state index in [4.69, 9.17) is 5.73 Å². The van der Waals surface area contributed by atoms with Crippen LogP contribution in [0.15, 0.2) is 29.2 Å². The van der Waals surface area contributed by atoms with Crippen LogP contribution in [-0.2, 0) is 9.84 Å². The summed E-state index contributed by atoms with van der Waals surface area (Å²) in [4.78, 5) is 2.78. The van der Waals surface area contributed by atoms with Crippen LogP contribution < -0.4 is 10.6 Å². The Labute approximate surface area is 128 Å². The molecule has 0 spiro atoms. The van der Waals surface area contributed by atoms with Crippen molar-refractivity contribution >= 4 is 15.5 Å². The molecule has 1 fully saturated rings. The van der Waals surface area contributed by atoms with E-state index in [1.807, 2.05) is 12.1 Å². The molecule has 4 nitrogen and oxygen atoms in total. The maximum Gasteiger partial charge on any atom is 0.178 e. The second-order valence-corrected chi connectivity index (χ2v) is 7.96. The first-order valence-corrected chi connectivity index (χ1v) is 9.48. The van der Waals surface area contributed by atoms with Crippen molar-refractivity contribution in [2.45, 2.75) is 44.0 Å². The fraction of sp³-hybridized carbons (Fsp3) is 0.625. The first-order chi connectivity index (χ1) is 10.0. The lowest BCUT2D eigenvalue weighted by atomic mass is 10.0. The molecule has 0 aromatic heterocycles. The van der Waals surface area contributed by atoms with Gasteiger partial charge in [-0.1, -0.05) is 13.3 Å². The van der Waals surface area contributed by atoms with Crippen LogP contribution in [0.25, 0.3) is 0 Å². The predicted molar refractivity (Wildman–Crippen MR) is 87.4 cm³/mol. The summed E-state index contributed by atoms with van der Waals surface area (Å²) in [7, 11) is -3.12. The lowest BCUT2D eigenvalue weighted by molar-refractivity contribution is 0.462. The zero-order valence-corrected chi connectivity index (χ0v) is 13.8. The van der Waals surface area contributed by atoms with Crippen molar-refractivity contribution in [3.63, 3.8) is 0 Å². The van der Waals surface area contributed by atoms with E-state index in [1.165, 1.54) is 19.3 Å².